The molecule has 0 radical (unpaired) electrons. The van der Waals surface area contributed by atoms with E-state index in [0.29, 0.717) is 12.2 Å². The molecule has 29 heavy (non-hydrogen) atoms. The van der Waals surface area contributed by atoms with Gasteiger partial charge >= 0.3 is 0 Å². The zero-order chi connectivity index (χ0) is 20.0. The average Bonchev–Trinajstić information content (AvgIpc) is 3.40. The van der Waals surface area contributed by atoms with Crippen molar-refractivity contribution in [3.8, 4) is 0 Å². The third-order valence-corrected chi connectivity index (χ3v) is 7.30. The van der Waals surface area contributed by atoms with Crippen LogP contribution in [-0.4, -0.2) is 40.8 Å². The normalized spacial score (nSPS) is 12.0. The van der Waals surface area contributed by atoms with E-state index in [0.717, 1.165) is 50.2 Å². The van der Waals surface area contributed by atoms with Crippen LogP contribution in [0, 0.1) is 13.8 Å². The number of hydrogen-bond donors (Lipinski definition) is 1. The molecule has 0 bridgehead atoms. The second kappa shape index (κ2) is 7.40. The summed E-state index contributed by atoms with van der Waals surface area (Å²) in [7, 11) is 0. The fourth-order valence-corrected chi connectivity index (χ4v) is 5.49. The SMILES string of the molecule is Cc1c(C)n(CCCO)c2ncn3nc(CSc4nc5ccccc5s4)nc3c12. The van der Waals surface area contributed by atoms with Crippen LogP contribution in [0.2, 0.25) is 0 Å². The summed E-state index contributed by atoms with van der Waals surface area (Å²) in [6.45, 7) is 5.09. The zero-order valence-electron chi connectivity index (χ0n) is 16.2. The van der Waals surface area contributed by atoms with Crippen LogP contribution in [0.15, 0.2) is 34.9 Å². The van der Waals surface area contributed by atoms with E-state index in [-0.39, 0.29) is 6.61 Å². The van der Waals surface area contributed by atoms with Crippen LogP contribution < -0.4 is 0 Å². The van der Waals surface area contributed by atoms with Gasteiger partial charge in [-0.15, -0.1) is 16.4 Å². The van der Waals surface area contributed by atoms with E-state index in [1.54, 1.807) is 33.9 Å². The highest BCUT2D eigenvalue weighted by Gasteiger charge is 2.18. The van der Waals surface area contributed by atoms with Gasteiger partial charge in [-0.3, -0.25) is 0 Å². The summed E-state index contributed by atoms with van der Waals surface area (Å²) in [5.74, 6) is 1.43. The van der Waals surface area contributed by atoms with Crippen LogP contribution in [0.25, 0.3) is 26.9 Å². The second-order valence-electron chi connectivity index (χ2n) is 6.91. The highest BCUT2D eigenvalue weighted by atomic mass is 32.2. The molecule has 0 atom stereocenters. The molecule has 4 heterocycles. The fraction of sp³-hybridized carbons (Fsp3) is 0.300. The number of thiazole rings is 1. The molecule has 9 heteroatoms. The smallest absolute Gasteiger partial charge is 0.168 e. The van der Waals surface area contributed by atoms with Gasteiger partial charge in [0, 0.05) is 18.8 Å². The van der Waals surface area contributed by atoms with Crippen molar-refractivity contribution in [2.45, 2.75) is 36.9 Å². The van der Waals surface area contributed by atoms with Crippen molar-refractivity contribution < 1.29 is 5.11 Å². The molecule has 0 unspecified atom stereocenters. The van der Waals surface area contributed by atoms with E-state index >= 15 is 0 Å². The lowest BCUT2D eigenvalue weighted by atomic mass is 10.2. The van der Waals surface area contributed by atoms with Crippen molar-refractivity contribution in [3.63, 3.8) is 0 Å². The van der Waals surface area contributed by atoms with E-state index in [1.165, 1.54) is 4.70 Å². The maximum atomic E-state index is 9.20. The minimum Gasteiger partial charge on any atom is -0.396 e. The van der Waals surface area contributed by atoms with Crippen molar-refractivity contribution in [2.24, 2.45) is 0 Å². The maximum absolute atomic E-state index is 9.20. The van der Waals surface area contributed by atoms with E-state index in [2.05, 4.69) is 39.5 Å². The summed E-state index contributed by atoms with van der Waals surface area (Å²) in [5.41, 5.74) is 5.08. The molecule has 0 fully saturated rings. The standard InChI is InChI=1S/C20H20N6OS2/c1-12-13(2)25(8-5-9-27)18-17(12)19-23-16(24-26(19)11-21-18)10-28-20-22-14-6-3-4-7-15(14)29-20/h3-4,6-7,11,27H,5,8-10H2,1-2H3. The predicted octanol–water partition coefficient (Wildman–Crippen LogP) is 3.98. The third-order valence-electron chi connectivity index (χ3n) is 5.13. The number of aryl methyl sites for hydroxylation is 2. The Hall–Kier alpha value is -2.49. The molecule has 0 saturated heterocycles. The monoisotopic (exact) mass is 424 g/mol. The van der Waals surface area contributed by atoms with Crippen LogP contribution in [0.3, 0.4) is 0 Å². The Morgan fingerprint density at radius 2 is 2.00 bits per heavy atom. The van der Waals surface area contributed by atoms with Gasteiger partial charge < -0.3 is 9.67 Å². The highest BCUT2D eigenvalue weighted by molar-refractivity contribution is 8.00. The molecule has 5 aromatic rings. The molecule has 0 spiro atoms. The molecule has 148 valence electrons. The number of nitrogens with zero attached hydrogens (tertiary/aromatic N) is 6. The molecule has 4 aromatic heterocycles. The first kappa shape index (κ1) is 18.5. The molecule has 1 aromatic carbocycles. The first-order valence-corrected chi connectivity index (χ1v) is 11.2. The molecule has 0 saturated carbocycles. The molecule has 7 nitrogen and oxygen atoms in total. The Bertz CT molecular complexity index is 1300. The van der Waals surface area contributed by atoms with Gasteiger partial charge in [0.15, 0.2) is 15.8 Å². The minimum atomic E-state index is 0.165. The lowest BCUT2D eigenvalue weighted by Crippen LogP contribution is -2.03. The van der Waals surface area contributed by atoms with E-state index < -0.39 is 0 Å². The van der Waals surface area contributed by atoms with Gasteiger partial charge in [-0.1, -0.05) is 23.9 Å². The van der Waals surface area contributed by atoms with Crippen LogP contribution in [0.4, 0.5) is 0 Å². The Morgan fingerprint density at radius 1 is 1.14 bits per heavy atom. The van der Waals surface area contributed by atoms with Crippen molar-refractivity contribution in [2.75, 3.05) is 6.61 Å². The van der Waals surface area contributed by atoms with Crippen molar-refractivity contribution >= 4 is 50.0 Å². The Morgan fingerprint density at radius 3 is 2.83 bits per heavy atom. The highest BCUT2D eigenvalue weighted by Crippen LogP contribution is 2.32. The van der Waals surface area contributed by atoms with E-state index in [1.807, 2.05) is 18.2 Å². The number of para-hydroxylation sites is 1. The van der Waals surface area contributed by atoms with Crippen molar-refractivity contribution in [3.05, 3.63) is 47.7 Å². The number of benzene rings is 1. The Balaban J connectivity index is 1.48. The van der Waals surface area contributed by atoms with Gasteiger partial charge in [0.05, 0.1) is 21.4 Å². The molecule has 0 amide bonds. The Labute approximate surface area is 175 Å². The summed E-state index contributed by atoms with van der Waals surface area (Å²) >= 11 is 3.35. The van der Waals surface area contributed by atoms with E-state index in [9.17, 15) is 5.11 Å². The van der Waals surface area contributed by atoms with Gasteiger partial charge in [-0.05, 0) is 38.0 Å². The van der Waals surface area contributed by atoms with Crippen LogP contribution in [-0.2, 0) is 12.3 Å². The number of hydrogen-bond acceptors (Lipinski definition) is 7. The van der Waals surface area contributed by atoms with Crippen molar-refractivity contribution in [1.29, 1.82) is 0 Å². The van der Waals surface area contributed by atoms with Gasteiger partial charge in [0.1, 0.15) is 12.0 Å². The molecule has 1 N–H and O–H groups in total. The van der Waals surface area contributed by atoms with Crippen LogP contribution in [0.5, 0.6) is 0 Å². The number of rotatable bonds is 6. The minimum absolute atomic E-state index is 0.165. The fourth-order valence-electron chi connectivity index (χ4n) is 3.58. The molecule has 0 aliphatic carbocycles. The topological polar surface area (TPSA) is 81.1 Å². The van der Waals surface area contributed by atoms with Crippen LogP contribution in [0.1, 0.15) is 23.5 Å². The summed E-state index contributed by atoms with van der Waals surface area (Å²) < 4.78 is 6.14. The van der Waals surface area contributed by atoms with Gasteiger partial charge in [-0.25, -0.2) is 19.5 Å². The number of aliphatic hydroxyl groups excluding tert-OH is 1. The molecule has 0 aliphatic heterocycles. The van der Waals surface area contributed by atoms with Gasteiger partial charge in [-0.2, -0.15) is 0 Å². The number of thioether (sulfide) groups is 1. The summed E-state index contributed by atoms with van der Waals surface area (Å²) in [5, 5.41) is 14.9. The number of fused-ring (bicyclic) bond motifs is 4. The number of aromatic nitrogens is 6. The molecular weight excluding hydrogens is 404 g/mol. The molecule has 5 rings (SSSR count). The first-order chi connectivity index (χ1) is 14.2. The Kier molecular flexibility index (Phi) is 4.73. The van der Waals surface area contributed by atoms with Gasteiger partial charge in [0.2, 0.25) is 0 Å². The van der Waals surface area contributed by atoms with Crippen molar-refractivity contribution in [1.82, 2.24) is 29.1 Å². The largest absolute Gasteiger partial charge is 0.396 e. The summed E-state index contributed by atoms with van der Waals surface area (Å²) in [4.78, 5) is 14.1. The van der Waals surface area contributed by atoms with Crippen LogP contribution >= 0.6 is 23.1 Å². The second-order valence-corrected chi connectivity index (χ2v) is 9.17. The molecule has 0 aliphatic rings. The summed E-state index contributed by atoms with van der Waals surface area (Å²) in [6, 6.07) is 8.17. The zero-order valence-corrected chi connectivity index (χ0v) is 17.8. The summed E-state index contributed by atoms with van der Waals surface area (Å²) in [6.07, 6.45) is 2.43. The molecular formula is C20H20N6OS2. The first-order valence-electron chi connectivity index (χ1n) is 9.44. The quantitative estimate of drug-likeness (QED) is 0.415. The maximum Gasteiger partial charge on any atom is 0.168 e. The predicted molar refractivity (Wildman–Crippen MR) is 117 cm³/mol. The van der Waals surface area contributed by atoms with Gasteiger partial charge in [0.25, 0.3) is 0 Å². The number of aliphatic hydroxyl groups is 1. The lowest BCUT2D eigenvalue weighted by Gasteiger charge is -2.05. The average molecular weight is 425 g/mol. The van der Waals surface area contributed by atoms with E-state index in [4.69, 9.17) is 4.98 Å². The third kappa shape index (κ3) is 3.19. The lowest BCUT2D eigenvalue weighted by molar-refractivity contribution is 0.280.